The van der Waals surface area contributed by atoms with Gasteiger partial charge in [0.2, 0.25) is 0 Å². The Balaban J connectivity index is 1.68. The van der Waals surface area contributed by atoms with Crippen LogP contribution in [-0.2, 0) is 14.3 Å². The highest BCUT2D eigenvalue weighted by molar-refractivity contribution is 8.00. The van der Waals surface area contributed by atoms with Crippen molar-refractivity contribution in [3.05, 3.63) is 24.3 Å². The van der Waals surface area contributed by atoms with E-state index in [9.17, 15) is 9.59 Å². The van der Waals surface area contributed by atoms with Crippen LogP contribution >= 0.6 is 35.0 Å². The number of fused-ring (bicyclic) bond motifs is 1. The maximum atomic E-state index is 12.6. The van der Waals surface area contributed by atoms with Crippen molar-refractivity contribution in [2.45, 2.75) is 41.2 Å². The fraction of sp³-hybridized carbons (Fsp3) is 0.529. The summed E-state index contributed by atoms with van der Waals surface area (Å²) in [6, 6.07) is 7.79. The largest absolute Gasteiger partial charge is 0.455 e. The number of alkyl halides is 2. The molecule has 1 aliphatic carbocycles. The lowest BCUT2D eigenvalue weighted by Crippen LogP contribution is -2.36. The summed E-state index contributed by atoms with van der Waals surface area (Å²) in [5.41, 5.74) is -0.0492. The molecule has 0 N–H and O–H groups in total. The van der Waals surface area contributed by atoms with Crippen LogP contribution in [0.5, 0.6) is 0 Å². The van der Waals surface area contributed by atoms with Gasteiger partial charge in [-0.15, -0.1) is 35.0 Å². The average Bonchev–Trinajstić information content (AvgIpc) is 3.11. The molecule has 1 aromatic rings. The van der Waals surface area contributed by atoms with E-state index in [0.29, 0.717) is 18.2 Å². The van der Waals surface area contributed by atoms with E-state index < -0.39 is 15.7 Å². The molecule has 0 bridgehead atoms. The fourth-order valence-corrected chi connectivity index (χ4v) is 4.53. The second-order valence-corrected chi connectivity index (χ2v) is 9.48. The number of anilines is 1. The van der Waals surface area contributed by atoms with Gasteiger partial charge < -0.3 is 9.64 Å². The molecule has 1 fully saturated rings. The third-order valence-corrected chi connectivity index (χ3v) is 6.92. The number of hydrogen-bond acceptors (Lipinski definition) is 4. The Hall–Kier alpha value is -0.910. The van der Waals surface area contributed by atoms with Gasteiger partial charge >= 0.3 is 5.97 Å². The van der Waals surface area contributed by atoms with Crippen LogP contribution in [-0.4, -0.2) is 34.6 Å². The molecular weight excluding hydrogens is 369 g/mol. The van der Waals surface area contributed by atoms with Crippen molar-refractivity contribution in [2.75, 3.05) is 18.1 Å². The molecule has 4 nitrogen and oxygen atoms in total. The molecule has 0 saturated heterocycles. The van der Waals surface area contributed by atoms with Crippen molar-refractivity contribution in [1.29, 1.82) is 0 Å². The number of amides is 1. The number of benzene rings is 1. The molecule has 2 aliphatic rings. The van der Waals surface area contributed by atoms with Gasteiger partial charge in [0.25, 0.3) is 5.91 Å². The third-order valence-electron chi connectivity index (χ3n) is 4.58. The number of carbonyl (C=O) groups excluding carboxylic acids is 2. The molecule has 2 atom stereocenters. The van der Waals surface area contributed by atoms with Crippen molar-refractivity contribution in [1.82, 2.24) is 0 Å². The highest BCUT2D eigenvalue weighted by Gasteiger charge is 2.69. The van der Waals surface area contributed by atoms with Gasteiger partial charge in [-0.3, -0.25) is 9.59 Å². The first-order valence-electron chi connectivity index (χ1n) is 7.86. The molecule has 0 radical (unpaired) electrons. The Morgan fingerprint density at radius 3 is 2.71 bits per heavy atom. The summed E-state index contributed by atoms with van der Waals surface area (Å²) in [6.07, 6.45) is 1.22. The maximum Gasteiger partial charge on any atom is 0.315 e. The normalized spacial score (nSPS) is 27.8. The number of halogens is 2. The zero-order valence-corrected chi connectivity index (χ0v) is 15.9. The monoisotopic (exact) mass is 387 g/mol. The Morgan fingerprint density at radius 1 is 1.38 bits per heavy atom. The van der Waals surface area contributed by atoms with Crippen LogP contribution in [0.25, 0.3) is 0 Å². The first kappa shape index (κ1) is 17.9. The number of para-hydroxylation sites is 1. The minimum Gasteiger partial charge on any atom is -0.455 e. The average molecular weight is 388 g/mol. The number of rotatable bonds is 3. The van der Waals surface area contributed by atoms with Gasteiger partial charge in [-0.25, -0.2) is 0 Å². The number of ether oxygens (including phenoxy) is 1. The summed E-state index contributed by atoms with van der Waals surface area (Å²) in [4.78, 5) is 27.5. The Labute approximate surface area is 155 Å². The molecule has 0 spiro atoms. The van der Waals surface area contributed by atoms with Crippen molar-refractivity contribution >= 4 is 52.5 Å². The Morgan fingerprint density at radius 2 is 2.04 bits per heavy atom. The van der Waals surface area contributed by atoms with E-state index in [2.05, 4.69) is 6.92 Å². The minimum absolute atomic E-state index is 0.232. The predicted molar refractivity (Wildman–Crippen MR) is 96.9 cm³/mol. The summed E-state index contributed by atoms with van der Waals surface area (Å²) in [6.45, 7) is 4.10. The molecule has 1 heterocycles. The molecule has 24 heavy (non-hydrogen) atoms. The van der Waals surface area contributed by atoms with Crippen LogP contribution in [0.3, 0.4) is 0 Å². The van der Waals surface area contributed by atoms with Crippen molar-refractivity contribution in [3.63, 3.8) is 0 Å². The van der Waals surface area contributed by atoms with Crippen LogP contribution in [0.2, 0.25) is 0 Å². The summed E-state index contributed by atoms with van der Waals surface area (Å²) in [7, 11) is 0. The van der Waals surface area contributed by atoms with Crippen LogP contribution in [0.4, 0.5) is 5.69 Å². The number of hydrogen-bond donors (Lipinski definition) is 0. The van der Waals surface area contributed by atoms with E-state index in [4.69, 9.17) is 27.9 Å². The van der Waals surface area contributed by atoms with Gasteiger partial charge in [-0.1, -0.05) is 19.1 Å². The lowest BCUT2D eigenvalue weighted by Gasteiger charge is -2.22. The second-order valence-electron chi connectivity index (χ2n) is 6.52. The summed E-state index contributed by atoms with van der Waals surface area (Å²) in [5, 5.41) is 0.421. The minimum atomic E-state index is -1.09. The molecule has 3 rings (SSSR count). The molecular formula is C17H19Cl2NO3S. The lowest BCUT2D eigenvalue weighted by molar-refractivity contribution is -0.152. The maximum absolute atomic E-state index is 12.6. The van der Waals surface area contributed by atoms with Gasteiger partial charge in [0, 0.05) is 23.1 Å². The predicted octanol–water partition coefficient (Wildman–Crippen LogP) is 4.03. The topological polar surface area (TPSA) is 46.6 Å². The van der Waals surface area contributed by atoms with E-state index in [1.807, 2.05) is 24.3 Å². The number of esters is 1. The zero-order valence-electron chi connectivity index (χ0n) is 13.6. The van der Waals surface area contributed by atoms with Crippen molar-refractivity contribution in [2.24, 2.45) is 5.41 Å². The van der Waals surface area contributed by atoms with E-state index in [0.717, 1.165) is 17.0 Å². The number of carbonyl (C=O) groups is 2. The van der Waals surface area contributed by atoms with E-state index in [-0.39, 0.29) is 12.5 Å². The fourth-order valence-electron chi connectivity index (χ4n) is 2.73. The third kappa shape index (κ3) is 3.26. The van der Waals surface area contributed by atoms with Crippen molar-refractivity contribution in [3.8, 4) is 0 Å². The van der Waals surface area contributed by atoms with Crippen molar-refractivity contribution < 1.29 is 14.3 Å². The van der Waals surface area contributed by atoms with Gasteiger partial charge in [-0.05, 0) is 25.5 Å². The molecule has 1 aliphatic heterocycles. The quantitative estimate of drug-likeness (QED) is 0.580. The van der Waals surface area contributed by atoms with E-state index >= 15 is 0 Å². The van der Waals surface area contributed by atoms with Crippen LogP contribution < -0.4 is 4.90 Å². The zero-order chi connectivity index (χ0) is 17.5. The molecule has 1 saturated carbocycles. The van der Waals surface area contributed by atoms with Crippen LogP contribution in [0.1, 0.15) is 26.7 Å². The Kier molecular flexibility index (Phi) is 4.80. The molecule has 7 heteroatoms. The summed E-state index contributed by atoms with van der Waals surface area (Å²) in [5.74, 6) is -0.754. The van der Waals surface area contributed by atoms with E-state index in [1.165, 1.54) is 0 Å². The van der Waals surface area contributed by atoms with Gasteiger partial charge in [0.05, 0.1) is 5.69 Å². The SMILES string of the molecule is C[C@@H]1CCN(C(=O)COC(=O)[C@@]2(C)CC2(Cl)Cl)c2ccccc2S1. The second kappa shape index (κ2) is 6.43. The first-order chi connectivity index (χ1) is 11.2. The van der Waals surface area contributed by atoms with Gasteiger partial charge in [0.1, 0.15) is 9.75 Å². The van der Waals surface area contributed by atoms with Gasteiger partial charge in [-0.2, -0.15) is 0 Å². The van der Waals surface area contributed by atoms with Crippen LogP contribution in [0.15, 0.2) is 29.2 Å². The number of thioether (sulfide) groups is 1. The van der Waals surface area contributed by atoms with Crippen LogP contribution in [0, 0.1) is 5.41 Å². The molecule has 1 aromatic carbocycles. The summed E-state index contributed by atoms with van der Waals surface area (Å²) < 4.78 is 4.11. The standard InChI is InChI=1S/C17H19Cl2NO3S/c1-11-7-8-20(12-5-3-4-6-13(12)24-11)14(21)9-23-15(22)16(2)10-17(16,18)19/h3-6,11H,7-10H2,1-2H3/t11-,16-/m1/s1. The lowest BCUT2D eigenvalue weighted by atomic mass is 10.1. The van der Waals surface area contributed by atoms with E-state index in [1.54, 1.807) is 23.6 Å². The summed E-state index contributed by atoms with van der Waals surface area (Å²) >= 11 is 13.7. The molecule has 0 aromatic heterocycles. The Bertz CT molecular complexity index is 682. The molecule has 1 amide bonds. The molecule has 0 unspecified atom stereocenters. The smallest absolute Gasteiger partial charge is 0.315 e. The highest BCUT2D eigenvalue weighted by Crippen LogP contribution is 2.64. The number of nitrogens with zero attached hydrogens (tertiary/aromatic N) is 1. The first-order valence-corrected chi connectivity index (χ1v) is 9.49. The highest BCUT2D eigenvalue weighted by atomic mass is 35.5. The molecule has 130 valence electrons. The van der Waals surface area contributed by atoms with Gasteiger partial charge in [0.15, 0.2) is 6.61 Å².